The second-order valence-electron chi connectivity index (χ2n) is 5.82. The highest BCUT2D eigenvalue weighted by Crippen LogP contribution is 2.24. The van der Waals surface area contributed by atoms with E-state index in [1.54, 1.807) is 0 Å². The van der Waals surface area contributed by atoms with Crippen molar-refractivity contribution in [2.75, 3.05) is 31.1 Å². The largest absolute Gasteiger partial charge is 0.370 e. The fraction of sp³-hybridized carbons (Fsp3) is 0.625. The van der Waals surface area contributed by atoms with Crippen molar-refractivity contribution < 1.29 is 0 Å². The number of hydrogen-bond acceptors (Lipinski definition) is 2. The Morgan fingerprint density at radius 3 is 2.83 bits per heavy atom. The lowest BCUT2D eigenvalue weighted by molar-refractivity contribution is 0.162. The Hall–Kier alpha value is -1.02. The minimum Gasteiger partial charge on any atom is -0.370 e. The van der Waals surface area contributed by atoms with Crippen molar-refractivity contribution in [2.45, 2.75) is 38.6 Å². The van der Waals surface area contributed by atoms with Gasteiger partial charge in [-0.05, 0) is 50.4 Å². The first-order valence-electron chi connectivity index (χ1n) is 7.38. The van der Waals surface area contributed by atoms with Crippen LogP contribution in [0.5, 0.6) is 0 Å². The fourth-order valence-electron chi connectivity index (χ4n) is 3.43. The summed E-state index contributed by atoms with van der Waals surface area (Å²) in [5.41, 5.74) is 2.79. The van der Waals surface area contributed by atoms with Crippen LogP contribution < -0.4 is 4.90 Å². The SMILES string of the molecule is Cc1cccc(N2CCCN3CCCCC3C2)c1. The van der Waals surface area contributed by atoms with E-state index in [1.165, 1.54) is 63.1 Å². The zero-order chi connectivity index (χ0) is 12.4. The van der Waals surface area contributed by atoms with E-state index in [0.29, 0.717) is 0 Å². The molecule has 2 heteroatoms. The highest BCUT2D eigenvalue weighted by molar-refractivity contribution is 5.48. The molecule has 2 nitrogen and oxygen atoms in total. The maximum Gasteiger partial charge on any atom is 0.0369 e. The topological polar surface area (TPSA) is 6.48 Å². The number of rotatable bonds is 1. The van der Waals surface area contributed by atoms with Crippen LogP contribution in [0.1, 0.15) is 31.2 Å². The first-order chi connectivity index (χ1) is 8.83. The summed E-state index contributed by atoms with van der Waals surface area (Å²) < 4.78 is 0. The number of benzene rings is 1. The molecule has 0 spiro atoms. The molecular weight excluding hydrogens is 220 g/mol. The average Bonchev–Trinajstić information content (AvgIpc) is 2.60. The molecule has 0 radical (unpaired) electrons. The second-order valence-corrected chi connectivity index (χ2v) is 5.82. The van der Waals surface area contributed by atoms with Gasteiger partial charge in [-0.1, -0.05) is 18.6 Å². The molecule has 3 rings (SSSR count). The lowest BCUT2D eigenvalue weighted by atomic mass is 10.0. The van der Waals surface area contributed by atoms with Gasteiger partial charge < -0.3 is 4.90 Å². The fourth-order valence-corrected chi connectivity index (χ4v) is 3.43. The zero-order valence-corrected chi connectivity index (χ0v) is 11.4. The third-order valence-corrected chi connectivity index (χ3v) is 4.42. The Kier molecular flexibility index (Phi) is 3.55. The minimum atomic E-state index is 0.793. The predicted octanol–water partition coefficient (Wildman–Crippen LogP) is 3.06. The summed E-state index contributed by atoms with van der Waals surface area (Å²) in [5, 5.41) is 0. The van der Waals surface area contributed by atoms with Crippen molar-refractivity contribution in [2.24, 2.45) is 0 Å². The van der Waals surface area contributed by atoms with Gasteiger partial charge in [0.05, 0.1) is 0 Å². The molecule has 1 atom stereocenters. The molecule has 0 N–H and O–H groups in total. The molecule has 1 unspecified atom stereocenters. The van der Waals surface area contributed by atoms with Crippen molar-refractivity contribution >= 4 is 5.69 Å². The van der Waals surface area contributed by atoms with E-state index in [0.717, 1.165) is 6.04 Å². The minimum absolute atomic E-state index is 0.793. The molecule has 1 aromatic rings. The molecule has 98 valence electrons. The van der Waals surface area contributed by atoms with E-state index in [9.17, 15) is 0 Å². The Labute approximate surface area is 111 Å². The molecule has 2 fully saturated rings. The van der Waals surface area contributed by atoms with Gasteiger partial charge in [0.2, 0.25) is 0 Å². The van der Waals surface area contributed by atoms with Crippen LogP contribution in [0.15, 0.2) is 24.3 Å². The predicted molar refractivity (Wildman–Crippen MR) is 77.2 cm³/mol. The highest BCUT2D eigenvalue weighted by atomic mass is 15.2. The zero-order valence-electron chi connectivity index (χ0n) is 11.4. The molecule has 2 aliphatic rings. The molecule has 2 saturated heterocycles. The van der Waals surface area contributed by atoms with Crippen LogP contribution in [-0.4, -0.2) is 37.1 Å². The number of aryl methyl sites for hydroxylation is 1. The van der Waals surface area contributed by atoms with Crippen molar-refractivity contribution in [1.29, 1.82) is 0 Å². The summed E-state index contributed by atoms with van der Waals surface area (Å²) in [6.07, 6.45) is 5.52. The quantitative estimate of drug-likeness (QED) is 0.749. The van der Waals surface area contributed by atoms with Crippen molar-refractivity contribution in [3.8, 4) is 0 Å². The molecule has 0 bridgehead atoms. The van der Waals surface area contributed by atoms with Crippen LogP contribution in [0, 0.1) is 6.92 Å². The molecule has 0 aliphatic carbocycles. The summed E-state index contributed by atoms with van der Waals surface area (Å²) >= 11 is 0. The van der Waals surface area contributed by atoms with Gasteiger partial charge in [0, 0.05) is 31.4 Å². The van der Waals surface area contributed by atoms with Gasteiger partial charge in [-0.3, -0.25) is 4.90 Å². The average molecular weight is 244 g/mol. The normalized spacial score (nSPS) is 25.6. The van der Waals surface area contributed by atoms with Gasteiger partial charge in [0.25, 0.3) is 0 Å². The van der Waals surface area contributed by atoms with Crippen LogP contribution in [0.3, 0.4) is 0 Å². The highest BCUT2D eigenvalue weighted by Gasteiger charge is 2.26. The summed E-state index contributed by atoms with van der Waals surface area (Å²) in [5.74, 6) is 0. The summed E-state index contributed by atoms with van der Waals surface area (Å²) in [6.45, 7) is 7.26. The van der Waals surface area contributed by atoms with Crippen LogP contribution in [0.4, 0.5) is 5.69 Å². The molecule has 0 amide bonds. The third kappa shape index (κ3) is 2.54. The number of fused-ring (bicyclic) bond motifs is 1. The third-order valence-electron chi connectivity index (χ3n) is 4.42. The molecular formula is C16H24N2. The molecule has 0 aromatic heterocycles. The molecule has 18 heavy (non-hydrogen) atoms. The summed E-state index contributed by atoms with van der Waals surface area (Å²) in [4.78, 5) is 5.32. The number of nitrogens with zero attached hydrogens (tertiary/aromatic N) is 2. The molecule has 2 heterocycles. The molecule has 0 saturated carbocycles. The van der Waals surface area contributed by atoms with E-state index < -0.39 is 0 Å². The van der Waals surface area contributed by atoms with Crippen molar-refractivity contribution in [3.05, 3.63) is 29.8 Å². The van der Waals surface area contributed by atoms with E-state index in [-0.39, 0.29) is 0 Å². The van der Waals surface area contributed by atoms with Gasteiger partial charge >= 0.3 is 0 Å². The van der Waals surface area contributed by atoms with Crippen LogP contribution in [-0.2, 0) is 0 Å². The van der Waals surface area contributed by atoms with Gasteiger partial charge in [0.1, 0.15) is 0 Å². The Morgan fingerprint density at radius 1 is 1.06 bits per heavy atom. The van der Waals surface area contributed by atoms with Crippen molar-refractivity contribution in [1.82, 2.24) is 4.90 Å². The van der Waals surface area contributed by atoms with Gasteiger partial charge in [-0.15, -0.1) is 0 Å². The standard InChI is InChI=1S/C16H24N2/c1-14-6-4-8-15(12-14)18-11-5-10-17-9-3-2-7-16(17)13-18/h4,6,8,12,16H,2-3,5,7,9-11,13H2,1H3. The maximum absolute atomic E-state index is 2.72. The maximum atomic E-state index is 2.72. The number of anilines is 1. The van der Waals surface area contributed by atoms with Crippen molar-refractivity contribution in [3.63, 3.8) is 0 Å². The van der Waals surface area contributed by atoms with Gasteiger partial charge in [0.15, 0.2) is 0 Å². The van der Waals surface area contributed by atoms with E-state index in [1.807, 2.05) is 0 Å². The first-order valence-corrected chi connectivity index (χ1v) is 7.38. The van der Waals surface area contributed by atoms with E-state index in [4.69, 9.17) is 0 Å². The van der Waals surface area contributed by atoms with Crippen LogP contribution >= 0.6 is 0 Å². The summed E-state index contributed by atoms with van der Waals surface area (Å²) in [6, 6.07) is 9.77. The Balaban J connectivity index is 1.76. The Bertz CT molecular complexity index is 402. The number of hydrogen-bond donors (Lipinski definition) is 0. The van der Waals surface area contributed by atoms with Crippen LogP contribution in [0.2, 0.25) is 0 Å². The van der Waals surface area contributed by atoms with E-state index in [2.05, 4.69) is 41.0 Å². The number of piperidine rings is 1. The van der Waals surface area contributed by atoms with Gasteiger partial charge in [-0.2, -0.15) is 0 Å². The Morgan fingerprint density at radius 2 is 1.94 bits per heavy atom. The lowest BCUT2D eigenvalue weighted by Crippen LogP contribution is -2.44. The smallest absolute Gasteiger partial charge is 0.0369 e. The lowest BCUT2D eigenvalue weighted by Gasteiger charge is -2.36. The monoisotopic (exact) mass is 244 g/mol. The van der Waals surface area contributed by atoms with Gasteiger partial charge in [-0.25, -0.2) is 0 Å². The summed E-state index contributed by atoms with van der Waals surface area (Å²) in [7, 11) is 0. The molecule has 2 aliphatic heterocycles. The second kappa shape index (κ2) is 5.31. The van der Waals surface area contributed by atoms with E-state index >= 15 is 0 Å². The molecule has 1 aromatic carbocycles. The first kappa shape index (κ1) is 12.0. The van der Waals surface area contributed by atoms with Crippen LogP contribution in [0.25, 0.3) is 0 Å².